The maximum atomic E-state index is 11.5. The normalized spacial score (nSPS) is 11.6. The first-order valence-corrected chi connectivity index (χ1v) is 6.82. The van der Waals surface area contributed by atoms with Crippen molar-refractivity contribution in [3.63, 3.8) is 0 Å². The van der Waals surface area contributed by atoms with Crippen LogP contribution in [0.2, 0.25) is 0 Å². The van der Waals surface area contributed by atoms with Crippen LogP contribution in [0.3, 0.4) is 0 Å². The SMILES string of the molecule is Cc1ccc(C#N)c(S[C@@H](C(=O)O)c2ccccc2)n1. The summed E-state index contributed by atoms with van der Waals surface area (Å²) in [7, 11) is 0. The summed E-state index contributed by atoms with van der Waals surface area (Å²) in [6, 6.07) is 14.4. The van der Waals surface area contributed by atoms with E-state index in [2.05, 4.69) is 4.98 Å². The van der Waals surface area contributed by atoms with Crippen molar-refractivity contribution in [3.8, 4) is 6.07 Å². The van der Waals surface area contributed by atoms with Gasteiger partial charge in [-0.05, 0) is 24.6 Å². The molecule has 4 nitrogen and oxygen atoms in total. The van der Waals surface area contributed by atoms with Gasteiger partial charge in [0.25, 0.3) is 0 Å². The number of rotatable bonds is 4. The van der Waals surface area contributed by atoms with E-state index in [0.29, 0.717) is 16.2 Å². The van der Waals surface area contributed by atoms with E-state index in [1.165, 1.54) is 0 Å². The van der Waals surface area contributed by atoms with E-state index in [4.69, 9.17) is 5.26 Å². The Labute approximate surface area is 121 Å². The van der Waals surface area contributed by atoms with Gasteiger partial charge in [-0.15, -0.1) is 0 Å². The fourth-order valence-corrected chi connectivity index (χ4v) is 2.76. The first-order valence-electron chi connectivity index (χ1n) is 5.94. The number of nitriles is 1. The highest BCUT2D eigenvalue weighted by atomic mass is 32.2. The number of hydrogen-bond donors (Lipinski definition) is 1. The van der Waals surface area contributed by atoms with Crippen LogP contribution < -0.4 is 0 Å². The molecule has 0 aliphatic heterocycles. The molecule has 0 unspecified atom stereocenters. The summed E-state index contributed by atoms with van der Waals surface area (Å²) in [5.74, 6) is -0.951. The third-order valence-corrected chi connectivity index (χ3v) is 3.92. The summed E-state index contributed by atoms with van der Waals surface area (Å²) in [6.45, 7) is 1.81. The number of hydrogen-bond acceptors (Lipinski definition) is 4. The third-order valence-electron chi connectivity index (χ3n) is 2.68. The summed E-state index contributed by atoms with van der Waals surface area (Å²) in [5.41, 5.74) is 1.82. The molecule has 1 aromatic carbocycles. The summed E-state index contributed by atoms with van der Waals surface area (Å²) in [5, 5.41) is 18.1. The smallest absolute Gasteiger partial charge is 0.321 e. The van der Waals surface area contributed by atoms with Crippen molar-refractivity contribution < 1.29 is 9.90 Å². The monoisotopic (exact) mass is 284 g/mol. The maximum Gasteiger partial charge on any atom is 0.321 e. The number of carboxylic acid groups (broad SMARTS) is 1. The second-order valence-corrected chi connectivity index (χ2v) is 5.26. The molecule has 1 atom stereocenters. The van der Waals surface area contributed by atoms with Gasteiger partial charge >= 0.3 is 5.97 Å². The molecule has 20 heavy (non-hydrogen) atoms. The molecule has 1 aromatic heterocycles. The topological polar surface area (TPSA) is 74.0 Å². The van der Waals surface area contributed by atoms with Gasteiger partial charge in [0.15, 0.2) is 0 Å². The van der Waals surface area contributed by atoms with Crippen LogP contribution in [-0.2, 0) is 4.79 Å². The molecule has 0 saturated heterocycles. The highest BCUT2D eigenvalue weighted by molar-refractivity contribution is 8.00. The second kappa shape index (κ2) is 6.22. The number of thioether (sulfide) groups is 1. The molecule has 1 heterocycles. The van der Waals surface area contributed by atoms with Crippen LogP contribution in [0.4, 0.5) is 0 Å². The highest BCUT2D eigenvalue weighted by Gasteiger charge is 2.23. The van der Waals surface area contributed by atoms with Crippen LogP contribution in [0.5, 0.6) is 0 Å². The minimum atomic E-state index is -0.951. The Balaban J connectivity index is 2.37. The lowest BCUT2D eigenvalue weighted by Crippen LogP contribution is -2.08. The summed E-state index contributed by atoms with van der Waals surface area (Å²) in [6.07, 6.45) is 0. The Bertz CT molecular complexity index is 665. The van der Waals surface area contributed by atoms with Gasteiger partial charge in [-0.1, -0.05) is 42.1 Å². The largest absolute Gasteiger partial charge is 0.480 e. The van der Waals surface area contributed by atoms with Crippen LogP contribution in [0, 0.1) is 18.3 Å². The molecule has 0 aliphatic rings. The van der Waals surface area contributed by atoms with E-state index in [9.17, 15) is 9.90 Å². The van der Waals surface area contributed by atoms with Crippen LogP contribution in [0.1, 0.15) is 22.1 Å². The summed E-state index contributed by atoms with van der Waals surface area (Å²) in [4.78, 5) is 15.7. The van der Waals surface area contributed by atoms with Gasteiger partial charge in [-0.3, -0.25) is 4.79 Å². The van der Waals surface area contributed by atoms with Gasteiger partial charge in [0.2, 0.25) is 0 Å². The number of aromatic nitrogens is 1. The quantitative estimate of drug-likeness (QED) is 0.873. The molecule has 0 saturated carbocycles. The summed E-state index contributed by atoms with van der Waals surface area (Å²) >= 11 is 1.08. The molecule has 100 valence electrons. The van der Waals surface area contributed by atoms with Crippen molar-refractivity contribution in [1.29, 1.82) is 5.26 Å². The maximum absolute atomic E-state index is 11.5. The molecule has 0 bridgehead atoms. The molecular weight excluding hydrogens is 272 g/mol. The lowest BCUT2D eigenvalue weighted by Gasteiger charge is -2.12. The molecule has 2 aromatic rings. The van der Waals surface area contributed by atoms with E-state index in [-0.39, 0.29) is 0 Å². The molecule has 0 fully saturated rings. The minimum Gasteiger partial charge on any atom is -0.480 e. The second-order valence-electron chi connectivity index (χ2n) is 4.16. The van der Waals surface area contributed by atoms with Crippen LogP contribution in [0.25, 0.3) is 0 Å². The zero-order chi connectivity index (χ0) is 14.5. The first-order chi connectivity index (χ1) is 9.61. The van der Waals surface area contributed by atoms with Crippen molar-refractivity contribution in [1.82, 2.24) is 4.98 Å². The van der Waals surface area contributed by atoms with Crippen LogP contribution in [-0.4, -0.2) is 16.1 Å². The van der Waals surface area contributed by atoms with Crippen molar-refractivity contribution in [2.45, 2.75) is 17.2 Å². The summed E-state index contributed by atoms with van der Waals surface area (Å²) < 4.78 is 0. The van der Waals surface area contributed by atoms with E-state index in [1.807, 2.05) is 19.1 Å². The molecule has 0 aliphatic carbocycles. The zero-order valence-electron chi connectivity index (χ0n) is 10.8. The molecule has 0 radical (unpaired) electrons. The van der Waals surface area contributed by atoms with Gasteiger partial charge in [-0.25, -0.2) is 4.98 Å². The molecule has 1 N–H and O–H groups in total. The van der Waals surface area contributed by atoms with Gasteiger partial charge in [-0.2, -0.15) is 5.26 Å². The number of carbonyl (C=O) groups is 1. The number of pyridine rings is 1. The fraction of sp³-hybridized carbons (Fsp3) is 0.133. The number of aliphatic carboxylic acids is 1. The lowest BCUT2D eigenvalue weighted by atomic mass is 10.1. The predicted octanol–water partition coefficient (Wildman–Crippen LogP) is 3.18. The fourth-order valence-electron chi connectivity index (χ4n) is 1.71. The van der Waals surface area contributed by atoms with Gasteiger partial charge in [0, 0.05) is 5.69 Å². The Morgan fingerprint density at radius 3 is 2.60 bits per heavy atom. The predicted molar refractivity (Wildman–Crippen MR) is 76.4 cm³/mol. The number of carboxylic acids is 1. The van der Waals surface area contributed by atoms with Crippen molar-refractivity contribution in [3.05, 3.63) is 59.3 Å². The zero-order valence-corrected chi connectivity index (χ0v) is 11.6. The van der Waals surface area contributed by atoms with Gasteiger partial charge < -0.3 is 5.11 Å². The molecular formula is C15H12N2O2S. The van der Waals surface area contributed by atoms with Gasteiger partial charge in [0.1, 0.15) is 16.3 Å². The third kappa shape index (κ3) is 3.16. The Hall–Kier alpha value is -2.32. The number of nitrogens with zero attached hydrogens (tertiary/aromatic N) is 2. The lowest BCUT2D eigenvalue weighted by molar-refractivity contribution is -0.136. The van der Waals surface area contributed by atoms with Crippen molar-refractivity contribution in [2.24, 2.45) is 0 Å². The van der Waals surface area contributed by atoms with E-state index in [0.717, 1.165) is 17.5 Å². The molecule has 5 heteroatoms. The molecule has 0 amide bonds. The standard InChI is InChI=1S/C15H12N2O2S/c1-10-7-8-12(9-16)14(17-10)20-13(15(18)19)11-5-3-2-4-6-11/h2-8,13H,1H3,(H,18,19)/t13-/m1/s1. The molecule has 2 rings (SSSR count). The Morgan fingerprint density at radius 1 is 1.30 bits per heavy atom. The van der Waals surface area contributed by atoms with E-state index < -0.39 is 11.2 Å². The average molecular weight is 284 g/mol. The van der Waals surface area contributed by atoms with Crippen LogP contribution in [0.15, 0.2) is 47.5 Å². The van der Waals surface area contributed by atoms with E-state index in [1.54, 1.807) is 36.4 Å². The van der Waals surface area contributed by atoms with Gasteiger partial charge in [0.05, 0.1) is 5.56 Å². The van der Waals surface area contributed by atoms with Crippen molar-refractivity contribution in [2.75, 3.05) is 0 Å². The van der Waals surface area contributed by atoms with E-state index >= 15 is 0 Å². The minimum absolute atomic E-state index is 0.391. The number of benzene rings is 1. The van der Waals surface area contributed by atoms with Crippen molar-refractivity contribution >= 4 is 17.7 Å². The Morgan fingerprint density at radius 2 is 2.00 bits per heavy atom. The molecule has 0 spiro atoms. The first kappa shape index (κ1) is 14.1. The Kier molecular flexibility index (Phi) is 4.38. The average Bonchev–Trinajstić information content (AvgIpc) is 2.45. The van der Waals surface area contributed by atoms with Crippen LogP contribution >= 0.6 is 11.8 Å². The number of aryl methyl sites for hydroxylation is 1. The highest BCUT2D eigenvalue weighted by Crippen LogP contribution is 2.36.